The Hall–Kier alpha value is -1.64. The fraction of sp³-hybridized carbons (Fsp3) is 0.429. The van der Waals surface area contributed by atoms with Gasteiger partial charge in [-0.25, -0.2) is 0 Å². The summed E-state index contributed by atoms with van der Waals surface area (Å²) >= 11 is 0. The van der Waals surface area contributed by atoms with Gasteiger partial charge in [0.15, 0.2) is 0 Å². The van der Waals surface area contributed by atoms with Crippen molar-refractivity contribution in [2.45, 2.75) is 19.3 Å². The fourth-order valence-corrected chi connectivity index (χ4v) is 2.22. The van der Waals surface area contributed by atoms with Gasteiger partial charge >= 0.3 is 0 Å². The van der Waals surface area contributed by atoms with Gasteiger partial charge in [0, 0.05) is 25.6 Å². The van der Waals surface area contributed by atoms with Crippen LogP contribution in [0.5, 0.6) is 0 Å². The molecule has 3 nitrogen and oxygen atoms in total. The Bertz CT molecular complexity index is 440. The van der Waals surface area contributed by atoms with E-state index in [2.05, 4.69) is 36.0 Å². The molecule has 1 aliphatic heterocycles. The topological polar surface area (TPSA) is 32.7 Å². The second kappa shape index (κ2) is 5.13. The van der Waals surface area contributed by atoms with Crippen molar-refractivity contribution < 1.29 is 4.79 Å². The zero-order valence-corrected chi connectivity index (χ0v) is 10.4. The molecule has 0 fully saturated rings. The fourth-order valence-electron chi connectivity index (χ4n) is 2.22. The van der Waals surface area contributed by atoms with Crippen molar-refractivity contribution in [1.82, 2.24) is 4.90 Å². The van der Waals surface area contributed by atoms with E-state index >= 15 is 0 Å². The van der Waals surface area contributed by atoms with Crippen molar-refractivity contribution in [3.8, 4) is 0 Å². The summed E-state index contributed by atoms with van der Waals surface area (Å²) in [5.41, 5.74) is 2.38. The van der Waals surface area contributed by atoms with E-state index in [4.69, 9.17) is 0 Å². The standard InChI is InChI=1S/C14H18N2O/c1-11(7-10-17)12-5-3-4-6-13(12)14-15-8-9-16(14)2/h3-6,10-11H,7-9H2,1-2H3. The molecule has 1 aromatic carbocycles. The molecule has 0 saturated heterocycles. The van der Waals surface area contributed by atoms with E-state index in [1.807, 2.05) is 12.1 Å². The lowest BCUT2D eigenvalue weighted by Crippen LogP contribution is -2.24. The molecule has 0 bridgehead atoms. The van der Waals surface area contributed by atoms with Crippen LogP contribution < -0.4 is 0 Å². The molecule has 1 aromatic rings. The van der Waals surface area contributed by atoms with E-state index in [1.165, 1.54) is 11.1 Å². The van der Waals surface area contributed by atoms with E-state index in [0.717, 1.165) is 25.2 Å². The van der Waals surface area contributed by atoms with Gasteiger partial charge in [-0.05, 0) is 11.5 Å². The van der Waals surface area contributed by atoms with Crippen molar-refractivity contribution in [2.75, 3.05) is 20.1 Å². The Kier molecular flexibility index (Phi) is 3.57. The second-order valence-corrected chi connectivity index (χ2v) is 4.52. The van der Waals surface area contributed by atoms with E-state index < -0.39 is 0 Å². The minimum absolute atomic E-state index is 0.250. The first-order valence-electron chi connectivity index (χ1n) is 6.02. The van der Waals surface area contributed by atoms with Crippen LogP contribution in [0.25, 0.3) is 0 Å². The number of nitrogens with zero attached hydrogens (tertiary/aromatic N) is 2. The Labute approximate surface area is 102 Å². The molecule has 1 aliphatic rings. The summed E-state index contributed by atoms with van der Waals surface area (Å²) in [6, 6.07) is 8.24. The van der Waals surface area contributed by atoms with Crippen LogP contribution in [0.3, 0.4) is 0 Å². The average molecular weight is 230 g/mol. The first-order chi connectivity index (χ1) is 8.24. The predicted octanol–water partition coefficient (Wildman–Crippen LogP) is 2.07. The number of hydrogen-bond donors (Lipinski definition) is 0. The highest BCUT2D eigenvalue weighted by Gasteiger charge is 2.19. The van der Waals surface area contributed by atoms with Crippen molar-refractivity contribution in [3.05, 3.63) is 35.4 Å². The molecule has 0 amide bonds. The van der Waals surface area contributed by atoms with Gasteiger partial charge in [0.25, 0.3) is 0 Å². The van der Waals surface area contributed by atoms with Crippen LogP contribution >= 0.6 is 0 Å². The Morgan fingerprint density at radius 2 is 2.24 bits per heavy atom. The zero-order chi connectivity index (χ0) is 12.3. The van der Waals surface area contributed by atoms with E-state index in [-0.39, 0.29) is 5.92 Å². The van der Waals surface area contributed by atoms with E-state index in [9.17, 15) is 4.79 Å². The van der Waals surface area contributed by atoms with Gasteiger partial charge in [0.05, 0.1) is 6.54 Å². The van der Waals surface area contributed by atoms with Crippen molar-refractivity contribution in [1.29, 1.82) is 0 Å². The van der Waals surface area contributed by atoms with Gasteiger partial charge in [-0.3, -0.25) is 4.99 Å². The number of benzene rings is 1. The molecule has 3 heteroatoms. The Balaban J connectivity index is 2.37. The number of carbonyl (C=O) groups is 1. The smallest absolute Gasteiger partial charge is 0.131 e. The van der Waals surface area contributed by atoms with Crippen molar-refractivity contribution >= 4 is 12.1 Å². The van der Waals surface area contributed by atoms with Crippen LogP contribution in [0.2, 0.25) is 0 Å². The van der Waals surface area contributed by atoms with Crippen LogP contribution in [-0.4, -0.2) is 37.2 Å². The maximum Gasteiger partial charge on any atom is 0.131 e. The molecule has 0 aromatic heterocycles. The van der Waals surface area contributed by atoms with Gasteiger partial charge in [0.1, 0.15) is 12.1 Å². The number of rotatable bonds is 4. The molecule has 1 heterocycles. The highest BCUT2D eigenvalue weighted by Crippen LogP contribution is 2.24. The summed E-state index contributed by atoms with van der Waals surface area (Å²) in [6.45, 7) is 3.93. The van der Waals surface area contributed by atoms with E-state index in [0.29, 0.717) is 6.42 Å². The van der Waals surface area contributed by atoms with Crippen molar-refractivity contribution in [3.63, 3.8) is 0 Å². The van der Waals surface area contributed by atoms with Gasteiger partial charge < -0.3 is 9.69 Å². The number of aldehydes is 1. The summed E-state index contributed by atoms with van der Waals surface area (Å²) in [5, 5.41) is 0. The molecule has 0 saturated carbocycles. The third-order valence-corrected chi connectivity index (χ3v) is 3.24. The highest BCUT2D eigenvalue weighted by molar-refractivity contribution is 6.01. The number of amidine groups is 1. The third-order valence-electron chi connectivity index (χ3n) is 3.24. The lowest BCUT2D eigenvalue weighted by Gasteiger charge is -2.19. The molecule has 90 valence electrons. The molecular formula is C14H18N2O. The van der Waals surface area contributed by atoms with Gasteiger partial charge in [-0.15, -0.1) is 0 Å². The molecule has 1 unspecified atom stereocenters. The minimum atomic E-state index is 0.250. The zero-order valence-electron chi connectivity index (χ0n) is 10.4. The maximum atomic E-state index is 10.6. The first-order valence-corrected chi connectivity index (χ1v) is 6.02. The molecule has 0 radical (unpaired) electrons. The minimum Gasteiger partial charge on any atom is -0.358 e. The molecular weight excluding hydrogens is 212 g/mol. The second-order valence-electron chi connectivity index (χ2n) is 4.52. The average Bonchev–Trinajstić information content (AvgIpc) is 2.76. The molecule has 2 rings (SSSR count). The highest BCUT2D eigenvalue weighted by atomic mass is 16.1. The maximum absolute atomic E-state index is 10.6. The SMILES string of the molecule is CC(CC=O)c1ccccc1C1=NCCN1C. The number of carbonyl (C=O) groups excluding carboxylic acids is 1. The van der Waals surface area contributed by atoms with Gasteiger partial charge in [-0.1, -0.05) is 31.2 Å². The first kappa shape index (κ1) is 11.8. The third kappa shape index (κ3) is 2.38. The summed E-state index contributed by atoms with van der Waals surface area (Å²) < 4.78 is 0. The lowest BCUT2D eigenvalue weighted by molar-refractivity contribution is -0.108. The lowest BCUT2D eigenvalue weighted by atomic mass is 9.93. The van der Waals surface area contributed by atoms with Crippen LogP contribution in [0.4, 0.5) is 0 Å². The normalized spacial score (nSPS) is 16.8. The molecule has 0 spiro atoms. The van der Waals surface area contributed by atoms with Crippen LogP contribution in [0.15, 0.2) is 29.3 Å². The van der Waals surface area contributed by atoms with Crippen LogP contribution in [-0.2, 0) is 4.79 Å². The molecule has 1 atom stereocenters. The summed E-state index contributed by atoms with van der Waals surface area (Å²) in [7, 11) is 2.06. The monoisotopic (exact) mass is 230 g/mol. The molecule has 0 aliphatic carbocycles. The Morgan fingerprint density at radius 1 is 1.47 bits per heavy atom. The summed E-state index contributed by atoms with van der Waals surface area (Å²) in [6.07, 6.45) is 1.55. The largest absolute Gasteiger partial charge is 0.358 e. The summed E-state index contributed by atoms with van der Waals surface area (Å²) in [4.78, 5) is 17.4. The predicted molar refractivity (Wildman–Crippen MR) is 69.6 cm³/mol. The van der Waals surface area contributed by atoms with Crippen LogP contribution in [0.1, 0.15) is 30.4 Å². The summed E-state index contributed by atoms with van der Waals surface area (Å²) in [5.74, 6) is 1.30. The molecule has 17 heavy (non-hydrogen) atoms. The number of aliphatic imine (C=N–C) groups is 1. The Morgan fingerprint density at radius 3 is 2.88 bits per heavy atom. The van der Waals surface area contributed by atoms with Crippen LogP contribution in [0, 0.1) is 0 Å². The van der Waals surface area contributed by atoms with E-state index in [1.54, 1.807) is 0 Å². The number of likely N-dealkylation sites (N-methyl/N-ethyl adjacent to an activating group) is 1. The quantitative estimate of drug-likeness (QED) is 0.742. The molecule has 0 N–H and O–H groups in total. The number of hydrogen-bond acceptors (Lipinski definition) is 3. The van der Waals surface area contributed by atoms with Gasteiger partial charge in [0.2, 0.25) is 0 Å². The van der Waals surface area contributed by atoms with Gasteiger partial charge in [-0.2, -0.15) is 0 Å². The van der Waals surface area contributed by atoms with Crippen molar-refractivity contribution in [2.24, 2.45) is 4.99 Å².